The van der Waals surface area contributed by atoms with Crippen LogP contribution in [0.5, 0.6) is 0 Å². The van der Waals surface area contributed by atoms with Gasteiger partial charge < -0.3 is 4.90 Å². The lowest BCUT2D eigenvalue weighted by atomic mass is 9.67. The lowest BCUT2D eigenvalue weighted by molar-refractivity contribution is -0.123. The van der Waals surface area contributed by atoms with E-state index in [1.54, 1.807) is 7.05 Å². The van der Waals surface area contributed by atoms with Crippen molar-refractivity contribution in [1.82, 2.24) is 4.90 Å². The lowest BCUT2D eigenvalue weighted by Crippen LogP contribution is -2.42. The number of nitrogens with zero attached hydrogens (tertiary/aromatic N) is 1. The van der Waals surface area contributed by atoms with Crippen LogP contribution in [0.3, 0.4) is 0 Å². The number of carbonyl (C=O) groups is 1. The number of hydrogen-bond donors (Lipinski definition) is 0. The van der Waals surface area contributed by atoms with E-state index in [-0.39, 0.29) is 11.8 Å². The molecule has 0 amide bonds. The topological polar surface area (TPSA) is 20.3 Å². The largest absolute Gasteiger partial charge is 0.307 e. The van der Waals surface area contributed by atoms with Gasteiger partial charge in [-0.1, -0.05) is 67.6 Å². The van der Waals surface area contributed by atoms with Crippen LogP contribution in [0.2, 0.25) is 0 Å². The number of rotatable bonds is 7. The van der Waals surface area contributed by atoms with Crippen LogP contribution >= 0.6 is 0 Å². The summed E-state index contributed by atoms with van der Waals surface area (Å²) in [5.74, 6) is 0.0979. The first-order valence-corrected chi connectivity index (χ1v) is 8.10. The van der Waals surface area contributed by atoms with Crippen LogP contribution in [0.15, 0.2) is 60.7 Å². The fraction of sp³-hybridized carbons (Fsp3) is 0.381. The van der Waals surface area contributed by atoms with E-state index < -0.39 is 12.4 Å². The fourth-order valence-electron chi connectivity index (χ4n) is 3.17. The molecule has 23 heavy (non-hydrogen) atoms. The third kappa shape index (κ3) is 3.53. The van der Waals surface area contributed by atoms with Crippen molar-refractivity contribution >= 4 is 5.78 Å². The molecule has 2 heteroatoms. The van der Waals surface area contributed by atoms with Crippen molar-refractivity contribution in [3.63, 3.8) is 0 Å². The molecule has 2 nitrogen and oxygen atoms in total. The Labute approximate surface area is 144 Å². The van der Waals surface area contributed by atoms with Crippen molar-refractivity contribution < 1.29 is 8.91 Å². The van der Waals surface area contributed by atoms with E-state index in [4.69, 9.17) is 4.11 Å². The van der Waals surface area contributed by atoms with Gasteiger partial charge in [-0.3, -0.25) is 4.79 Å². The van der Waals surface area contributed by atoms with Gasteiger partial charge in [0.15, 0.2) is 0 Å². The molecule has 0 saturated heterocycles. The highest BCUT2D eigenvalue weighted by atomic mass is 16.1. The van der Waals surface area contributed by atoms with Gasteiger partial charge in [0.25, 0.3) is 0 Å². The average Bonchev–Trinajstić information content (AvgIpc) is 2.65. The molecule has 0 radical (unpaired) electrons. The molecule has 0 aliphatic carbocycles. The second kappa shape index (κ2) is 7.56. The Morgan fingerprint density at radius 3 is 1.96 bits per heavy atom. The second-order valence-corrected chi connectivity index (χ2v) is 6.08. The summed E-state index contributed by atoms with van der Waals surface area (Å²) in [6.07, 6.45) is 0.788. The van der Waals surface area contributed by atoms with Crippen LogP contribution in [0.25, 0.3) is 0 Å². The van der Waals surface area contributed by atoms with Gasteiger partial charge in [-0.05, 0) is 38.5 Å². The van der Waals surface area contributed by atoms with Crippen LogP contribution in [0, 0.1) is 0 Å². The molecule has 2 aromatic carbocycles. The summed E-state index contributed by atoms with van der Waals surface area (Å²) in [5, 5.41) is 0. The molecule has 0 saturated carbocycles. The van der Waals surface area contributed by atoms with Crippen LogP contribution < -0.4 is 0 Å². The summed E-state index contributed by atoms with van der Waals surface area (Å²) in [6, 6.07) is 19.1. The van der Waals surface area contributed by atoms with Gasteiger partial charge in [-0.2, -0.15) is 0 Å². The number of carbonyl (C=O) groups excluding carboxylic acids is 1. The molecule has 0 aliphatic rings. The number of Topliss-reactive ketones (excluding diaryl/α,β-unsaturated/α-hetero) is 1. The minimum atomic E-state index is -2.20. The van der Waals surface area contributed by atoms with Gasteiger partial charge >= 0.3 is 0 Å². The summed E-state index contributed by atoms with van der Waals surface area (Å²) < 4.78 is 23.1. The SMILES string of the molecule is [2H]C([2H])([2H])N(C)[C@@H](C)CC(C(=O)CC)(c1ccccc1)c1ccccc1. The molecule has 1 atom stereocenters. The van der Waals surface area contributed by atoms with E-state index in [0.717, 1.165) is 11.1 Å². The Bertz CT molecular complexity index is 674. The maximum Gasteiger partial charge on any atom is 0.147 e. The van der Waals surface area contributed by atoms with Crippen LogP contribution in [0.1, 0.15) is 41.9 Å². The number of ketones is 1. The van der Waals surface area contributed by atoms with Crippen LogP contribution in [-0.2, 0) is 10.2 Å². The molecule has 2 rings (SSSR count). The number of benzene rings is 2. The van der Waals surface area contributed by atoms with E-state index in [1.165, 1.54) is 4.90 Å². The highest BCUT2D eigenvalue weighted by molar-refractivity contribution is 5.93. The zero-order chi connectivity index (χ0) is 19.4. The summed E-state index contributed by atoms with van der Waals surface area (Å²) in [6.45, 7) is 1.53. The summed E-state index contributed by atoms with van der Waals surface area (Å²) >= 11 is 0. The minimum absolute atomic E-state index is 0.0979. The maximum absolute atomic E-state index is 13.3. The smallest absolute Gasteiger partial charge is 0.147 e. The van der Waals surface area contributed by atoms with Crippen molar-refractivity contribution in [2.75, 3.05) is 14.0 Å². The third-order valence-corrected chi connectivity index (χ3v) is 4.59. The Hall–Kier alpha value is -1.93. The first kappa shape index (κ1) is 13.5. The Morgan fingerprint density at radius 2 is 1.57 bits per heavy atom. The molecule has 2 aromatic rings. The third-order valence-electron chi connectivity index (χ3n) is 4.59. The zero-order valence-corrected chi connectivity index (χ0v) is 14.1. The molecule has 122 valence electrons. The highest BCUT2D eigenvalue weighted by Gasteiger charge is 2.41. The second-order valence-electron chi connectivity index (χ2n) is 6.08. The molecule has 0 heterocycles. The van der Waals surface area contributed by atoms with Crippen molar-refractivity contribution in [3.8, 4) is 0 Å². The molecule has 0 N–H and O–H groups in total. The van der Waals surface area contributed by atoms with E-state index in [0.29, 0.717) is 12.8 Å². The van der Waals surface area contributed by atoms with E-state index >= 15 is 0 Å². The Morgan fingerprint density at radius 1 is 1.09 bits per heavy atom. The molecular formula is C21H27NO. The Kier molecular flexibility index (Phi) is 4.44. The van der Waals surface area contributed by atoms with Gasteiger partial charge in [-0.15, -0.1) is 0 Å². The van der Waals surface area contributed by atoms with Gasteiger partial charge in [0.05, 0.1) is 5.41 Å². The quantitative estimate of drug-likeness (QED) is 0.760. The van der Waals surface area contributed by atoms with Gasteiger partial charge in [0.1, 0.15) is 5.78 Å². The van der Waals surface area contributed by atoms with Crippen molar-refractivity contribution in [2.24, 2.45) is 0 Å². The van der Waals surface area contributed by atoms with E-state index in [9.17, 15) is 4.79 Å². The van der Waals surface area contributed by atoms with Crippen molar-refractivity contribution in [1.29, 1.82) is 0 Å². The normalized spacial score (nSPS) is 15.6. The van der Waals surface area contributed by atoms with Gasteiger partial charge in [0.2, 0.25) is 0 Å². The predicted molar refractivity (Wildman–Crippen MR) is 96.7 cm³/mol. The Balaban J connectivity index is 2.62. The van der Waals surface area contributed by atoms with E-state index in [2.05, 4.69) is 0 Å². The highest BCUT2D eigenvalue weighted by Crippen LogP contribution is 2.39. The predicted octanol–water partition coefficient (Wildman–Crippen LogP) is 4.29. The average molecular weight is 312 g/mol. The molecule has 0 fully saturated rings. The maximum atomic E-state index is 13.3. The van der Waals surface area contributed by atoms with Crippen molar-refractivity contribution in [2.45, 2.75) is 38.1 Å². The molecule has 0 bridgehead atoms. The van der Waals surface area contributed by atoms with Crippen molar-refractivity contribution in [3.05, 3.63) is 71.8 Å². The molecule has 0 aromatic heterocycles. The summed E-state index contributed by atoms with van der Waals surface area (Å²) in [4.78, 5) is 14.7. The zero-order valence-electron chi connectivity index (χ0n) is 17.1. The van der Waals surface area contributed by atoms with Gasteiger partial charge in [-0.25, -0.2) is 0 Å². The van der Waals surface area contributed by atoms with E-state index in [1.807, 2.05) is 74.5 Å². The van der Waals surface area contributed by atoms with Gasteiger partial charge in [0, 0.05) is 16.6 Å². The van der Waals surface area contributed by atoms with Crippen LogP contribution in [-0.4, -0.2) is 30.7 Å². The molecule has 0 aliphatic heterocycles. The molecular weight excluding hydrogens is 282 g/mol. The number of hydrogen-bond acceptors (Lipinski definition) is 2. The first-order valence-electron chi connectivity index (χ1n) is 9.60. The van der Waals surface area contributed by atoms with Crippen LogP contribution in [0.4, 0.5) is 0 Å². The monoisotopic (exact) mass is 312 g/mol. The minimum Gasteiger partial charge on any atom is -0.307 e. The molecule has 0 unspecified atom stereocenters. The summed E-state index contributed by atoms with van der Waals surface area (Å²) in [5.41, 5.74) is 0.948. The fourth-order valence-corrected chi connectivity index (χ4v) is 3.17. The summed E-state index contributed by atoms with van der Waals surface area (Å²) in [7, 11) is 1.59. The standard InChI is InChI=1S/C21H27NO/c1-5-20(23)21(16-17(2)22(3)4,18-12-8-6-9-13-18)19-14-10-7-11-15-19/h6-15,17H,5,16H2,1-4H3/t17-/m0/s1/i3D3. The molecule has 0 spiro atoms. The lowest BCUT2D eigenvalue weighted by Gasteiger charge is -2.37. The first-order chi connectivity index (χ1) is 12.2.